The molecule has 2 rings (SSSR count). The molecule has 1 saturated heterocycles. The first-order chi connectivity index (χ1) is 8.72. The molecule has 0 bridgehead atoms. The second kappa shape index (κ2) is 6.70. The van der Waals surface area contributed by atoms with E-state index in [0.29, 0.717) is 0 Å². The standard InChI is InChI=1S/C13H21BrN2O2/c1-3-6-15-9-11-13(16(2)7-8-17-11)10-4-5-12(14)18-10/h4-5,11,13,15H,3,6-9H2,1-2H3. The molecular formula is C13H21BrN2O2. The van der Waals surface area contributed by atoms with Gasteiger partial charge in [-0.2, -0.15) is 0 Å². The molecule has 5 heteroatoms. The molecule has 0 radical (unpaired) electrons. The van der Waals surface area contributed by atoms with E-state index in [2.05, 4.69) is 40.1 Å². The molecule has 1 aliphatic heterocycles. The third kappa shape index (κ3) is 3.35. The lowest BCUT2D eigenvalue weighted by Gasteiger charge is -2.38. The van der Waals surface area contributed by atoms with Gasteiger partial charge in [0, 0.05) is 13.1 Å². The Hall–Kier alpha value is -0.360. The van der Waals surface area contributed by atoms with Crippen LogP contribution in [0.25, 0.3) is 0 Å². The third-order valence-electron chi connectivity index (χ3n) is 3.26. The van der Waals surface area contributed by atoms with Crippen LogP contribution in [0.3, 0.4) is 0 Å². The van der Waals surface area contributed by atoms with Crippen molar-refractivity contribution in [3.63, 3.8) is 0 Å². The number of halogens is 1. The van der Waals surface area contributed by atoms with Crippen LogP contribution in [-0.4, -0.2) is 44.3 Å². The average molecular weight is 317 g/mol. The Balaban J connectivity index is 2.05. The minimum absolute atomic E-state index is 0.147. The molecule has 4 nitrogen and oxygen atoms in total. The molecule has 2 unspecified atom stereocenters. The number of likely N-dealkylation sites (N-methyl/N-ethyl adjacent to an activating group) is 1. The number of ether oxygens (including phenoxy) is 1. The van der Waals surface area contributed by atoms with Crippen molar-refractivity contribution in [3.05, 3.63) is 22.6 Å². The molecular weight excluding hydrogens is 296 g/mol. The van der Waals surface area contributed by atoms with Gasteiger partial charge in [0.05, 0.1) is 18.8 Å². The molecule has 0 amide bonds. The normalized spacial score (nSPS) is 25.5. The SMILES string of the molecule is CCCNCC1OCCN(C)C1c1ccc(Br)o1. The lowest BCUT2D eigenvalue weighted by molar-refractivity contribution is -0.0677. The fourth-order valence-corrected chi connectivity index (χ4v) is 2.66. The molecule has 1 aromatic rings. The van der Waals surface area contributed by atoms with Gasteiger partial charge < -0.3 is 14.5 Å². The highest BCUT2D eigenvalue weighted by Crippen LogP contribution is 2.30. The van der Waals surface area contributed by atoms with Crippen LogP contribution >= 0.6 is 15.9 Å². The summed E-state index contributed by atoms with van der Waals surface area (Å²) in [6.07, 6.45) is 1.29. The molecule has 0 saturated carbocycles. The quantitative estimate of drug-likeness (QED) is 0.847. The van der Waals surface area contributed by atoms with E-state index in [-0.39, 0.29) is 12.1 Å². The van der Waals surface area contributed by atoms with E-state index in [1.807, 2.05) is 12.1 Å². The summed E-state index contributed by atoms with van der Waals surface area (Å²) < 4.78 is 12.4. The maximum atomic E-state index is 5.89. The molecule has 2 atom stereocenters. The van der Waals surface area contributed by atoms with Crippen LogP contribution in [0.1, 0.15) is 25.1 Å². The van der Waals surface area contributed by atoms with E-state index in [0.717, 1.165) is 43.1 Å². The minimum Gasteiger partial charge on any atom is -0.453 e. The Kier molecular flexibility index (Phi) is 5.24. The van der Waals surface area contributed by atoms with Gasteiger partial charge in [-0.3, -0.25) is 4.90 Å². The van der Waals surface area contributed by atoms with E-state index >= 15 is 0 Å². The van der Waals surface area contributed by atoms with Crippen LogP contribution in [0.15, 0.2) is 21.2 Å². The smallest absolute Gasteiger partial charge is 0.169 e. The van der Waals surface area contributed by atoms with Crippen LogP contribution in [0.4, 0.5) is 0 Å². The highest BCUT2D eigenvalue weighted by atomic mass is 79.9. The van der Waals surface area contributed by atoms with Gasteiger partial charge in [-0.25, -0.2) is 0 Å². The Morgan fingerprint density at radius 2 is 2.33 bits per heavy atom. The number of nitrogens with zero attached hydrogens (tertiary/aromatic N) is 1. The zero-order chi connectivity index (χ0) is 13.0. The summed E-state index contributed by atoms with van der Waals surface area (Å²) in [4.78, 5) is 2.30. The van der Waals surface area contributed by atoms with Gasteiger partial charge in [0.15, 0.2) is 4.67 Å². The van der Waals surface area contributed by atoms with E-state index < -0.39 is 0 Å². The van der Waals surface area contributed by atoms with Gasteiger partial charge >= 0.3 is 0 Å². The van der Waals surface area contributed by atoms with E-state index in [1.54, 1.807) is 0 Å². The molecule has 0 aromatic carbocycles. The molecule has 1 aliphatic rings. The molecule has 102 valence electrons. The van der Waals surface area contributed by atoms with E-state index in [9.17, 15) is 0 Å². The molecule has 1 N–H and O–H groups in total. The van der Waals surface area contributed by atoms with Crippen molar-refractivity contribution in [2.75, 3.05) is 33.3 Å². The Morgan fingerprint density at radius 1 is 1.50 bits per heavy atom. The van der Waals surface area contributed by atoms with Crippen LogP contribution in [-0.2, 0) is 4.74 Å². The number of nitrogens with one attached hydrogen (secondary N) is 1. The minimum atomic E-state index is 0.147. The summed E-state index contributed by atoms with van der Waals surface area (Å²) in [5.41, 5.74) is 0. The maximum Gasteiger partial charge on any atom is 0.169 e. The summed E-state index contributed by atoms with van der Waals surface area (Å²) in [6.45, 7) is 5.78. The predicted molar refractivity (Wildman–Crippen MR) is 74.7 cm³/mol. The number of hydrogen-bond acceptors (Lipinski definition) is 4. The largest absolute Gasteiger partial charge is 0.453 e. The Bertz CT molecular complexity index is 370. The first-order valence-electron chi connectivity index (χ1n) is 6.50. The molecule has 0 aliphatic carbocycles. The van der Waals surface area contributed by atoms with E-state index in [4.69, 9.17) is 9.15 Å². The zero-order valence-electron chi connectivity index (χ0n) is 11.0. The first kappa shape index (κ1) is 14.1. The summed E-state index contributed by atoms with van der Waals surface area (Å²) in [7, 11) is 2.12. The second-order valence-electron chi connectivity index (χ2n) is 4.68. The van der Waals surface area contributed by atoms with Crippen molar-refractivity contribution >= 4 is 15.9 Å². The first-order valence-corrected chi connectivity index (χ1v) is 7.29. The summed E-state index contributed by atoms with van der Waals surface area (Å²) in [5.74, 6) is 0.965. The predicted octanol–water partition coefficient (Wildman–Crippen LogP) is 2.41. The van der Waals surface area contributed by atoms with Crippen LogP contribution in [0.5, 0.6) is 0 Å². The highest BCUT2D eigenvalue weighted by molar-refractivity contribution is 9.10. The third-order valence-corrected chi connectivity index (χ3v) is 3.69. The van der Waals surface area contributed by atoms with Crippen molar-refractivity contribution in [2.24, 2.45) is 0 Å². The molecule has 1 aromatic heterocycles. The van der Waals surface area contributed by atoms with E-state index in [1.165, 1.54) is 0 Å². The zero-order valence-corrected chi connectivity index (χ0v) is 12.6. The van der Waals surface area contributed by atoms with Gasteiger partial charge in [0.1, 0.15) is 5.76 Å². The summed E-state index contributed by atoms with van der Waals surface area (Å²) in [6, 6.07) is 4.15. The van der Waals surface area contributed by atoms with Gasteiger partial charge in [-0.05, 0) is 48.1 Å². The number of hydrogen-bond donors (Lipinski definition) is 1. The summed E-state index contributed by atoms with van der Waals surface area (Å²) >= 11 is 3.36. The monoisotopic (exact) mass is 316 g/mol. The fourth-order valence-electron chi connectivity index (χ4n) is 2.34. The Labute approximate surface area is 117 Å². The van der Waals surface area contributed by atoms with Gasteiger partial charge in [0.2, 0.25) is 0 Å². The van der Waals surface area contributed by atoms with Gasteiger partial charge in [0.25, 0.3) is 0 Å². The number of furan rings is 1. The maximum absolute atomic E-state index is 5.89. The molecule has 1 fully saturated rings. The lowest BCUT2D eigenvalue weighted by atomic mass is 10.0. The van der Waals surface area contributed by atoms with Crippen molar-refractivity contribution < 1.29 is 9.15 Å². The fraction of sp³-hybridized carbons (Fsp3) is 0.692. The van der Waals surface area contributed by atoms with Crippen molar-refractivity contribution in [3.8, 4) is 0 Å². The lowest BCUT2D eigenvalue weighted by Crippen LogP contribution is -2.47. The van der Waals surface area contributed by atoms with Crippen LogP contribution in [0, 0.1) is 0 Å². The number of rotatable bonds is 5. The van der Waals surface area contributed by atoms with Crippen LogP contribution < -0.4 is 5.32 Å². The van der Waals surface area contributed by atoms with Crippen molar-refractivity contribution in [1.82, 2.24) is 10.2 Å². The molecule has 18 heavy (non-hydrogen) atoms. The topological polar surface area (TPSA) is 37.6 Å². The van der Waals surface area contributed by atoms with Crippen molar-refractivity contribution in [2.45, 2.75) is 25.5 Å². The van der Waals surface area contributed by atoms with Crippen LogP contribution in [0.2, 0.25) is 0 Å². The van der Waals surface area contributed by atoms with Crippen molar-refractivity contribution in [1.29, 1.82) is 0 Å². The second-order valence-corrected chi connectivity index (χ2v) is 5.46. The summed E-state index contributed by atoms with van der Waals surface area (Å²) in [5, 5.41) is 3.43. The highest BCUT2D eigenvalue weighted by Gasteiger charge is 2.33. The molecule has 0 spiro atoms. The average Bonchev–Trinajstić information content (AvgIpc) is 2.76. The number of morpholine rings is 1. The van der Waals surface area contributed by atoms with Gasteiger partial charge in [-0.1, -0.05) is 6.92 Å². The molecule has 2 heterocycles. The Morgan fingerprint density at radius 3 is 3.00 bits per heavy atom. The van der Waals surface area contributed by atoms with Gasteiger partial charge in [-0.15, -0.1) is 0 Å².